The number of hydrogen-bond donors (Lipinski definition) is 2. The zero-order valence-corrected chi connectivity index (χ0v) is 13.3. The summed E-state index contributed by atoms with van der Waals surface area (Å²) in [5.74, 6) is -1.16. The minimum absolute atomic E-state index is 0.0930. The molecule has 2 amide bonds. The molecule has 0 heterocycles. The molecule has 0 aliphatic carbocycles. The lowest BCUT2D eigenvalue weighted by molar-refractivity contribution is -0.120. The third-order valence-corrected chi connectivity index (χ3v) is 3.39. The first-order valence-corrected chi connectivity index (χ1v) is 7.86. The maximum atomic E-state index is 13.0. The van der Waals surface area contributed by atoms with Gasteiger partial charge < -0.3 is 10.6 Å². The summed E-state index contributed by atoms with van der Waals surface area (Å²) < 4.78 is 13.0. The lowest BCUT2D eigenvalue weighted by Crippen LogP contribution is -2.40. The van der Waals surface area contributed by atoms with Gasteiger partial charge in [-0.3, -0.25) is 9.59 Å². The molecule has 0 aromatic heterocycles. The second-order valence-electron chi connectivity index (χ2n) is 5.51. The van der Waals surface area contributed by atoms with Crippen LogP contribution in [0.4, 0.5) is 4.39 Å². The monoisotopic (exact) mass is 308 g/mol. The van der Waals surface area contributed by atoms with E-state index in [1.54, 1.807) is 0 Å². The number of nitrogens with one attached hydrogen (secondary N) is 2. The summed E-state index contributed by atoms with van der Waals surface area (Å²) in [6, 6.07) is 5.47. The van der Waals surface area contributed by atoms with Crippen LogP contribution in [0.5, 0.6) is 0 Å². The average Bonchev–Trinajstić information content (AvgIpc) is 2.49. The number of benzene rings is 1. The molecule has 1 unspecified atom stereocenters. The van der Waals surface area contributed by atoms with E-state index in [1.807, 2.05) is 6.92 Å². The molecule has 0 radical (unpaired) electrons. The summed E-state index contributed by atoms with van der Waals surface area (Å²) in [5, 5.41) is 5.34. The zero-order valence-electron chi connectivity index (χ0n) is 13.3. The van der Waals surface area contributed by atoms with Crippen molar-refractivity contribution in [1.82, 2.24) is 10.6 Å². The Kier molecular flexibility index (Phi) is 8.18. The van der Waals surface area contributed by atoms with E-state index in [0.29, 0.717) is 0 Å². The molecule has 1 aromatic rings. The molecule has 5 heteroatoms. The summed E-state index contributed by atoms with van der Waals surface area (Å²) >= 11 is 0. The molecule has 122 valence electrons. The van der Waals surface area contributed by atoms with Gasteiger partial charge in [-0.1, -0.05) is 38.7 Å². The first kappa shape index (κ1) is 18.1. The van der Waals surface area contributed by atoms with Crippen LogP contribution in [0.15, 0.2) is 24.3 Å². The van der Waals surface area contributed by atoms with Crippen molar-refractivity contribution in [3.63, 3.8) is 0 Å². The molecule has 0 bridgehead atoms. The van der Waals surface area contributed by atoms with Crippen LogP contribution in [0.25, 0.3) is 0 Å². The topological polar surface area (TPSA) is 58.2 Å². The molecule has 4 nitrogen and oxygen atoms in total. The van der Waals surface area contributed by atoms with Crippen molar-refractivity contribution in [3.8, 4) is 0 Å². The van der Waals surface area contributed by atoms with E-state index in [-0.39, 0.29) is 24.1 Å². The van der Waals surface area contributed by atoms with Crippen LogP contribution in [0.1, 0.15) is 56.3 Å². The van der Waals surface area contributed by atoms with Crippen molar-refractivity contribution >= 4 is 11.8 Å². The molecule has 1 aromatic carbocycles. The van der Waals surface area contributed by atoms with Crippen LogP contribution < -0.4 is 10.6 Å². The highest BCUT2D eigenvalue weighted by Gasteiger charge is 2.10. The van der Waals surface area contributed by atoms with Crippen molar-refractivity contribution < 1.29 is 14.0 Å². The van der Waals surface area contributed by atoms with Gasteiger partial charge in [0.25, 0.3) is 5.91 Å². The minimum Gasteiger partial charge on any atom is -0.352 e. The lowest BCUT2D eigenvalue weighted by Gasteiger charge is -2.14. The van der Waals surface area contributed by atoms with Gasteiger partial charge in [-0.05, 0) is 31.5 Å². The number of rotatable bonds is 9. The van der Waals surface area contributed by atoms with Crippen LogP contribution >= 0.6 is 0 Å². The first-order valence-electron chi connectivity index (χ1n) is 7.86. The van der Waals surface area contributed by atoms with Crippen LogP contribution in [-0.4, -0.2) is 24.4 Å². The molecule has 0 aliphatic rings. The van der Waals surface area contributed by atoms with Crippen LogP contribution in [0.2, 0.25) is 0 Å². The second kappa shape index (κ2) is 9.92. The highest BCUT2D eigenvalue weighted by Crippen LogP contribution is 2.05. The second-order valence-corrected chi connectivity index (χ2v) is 5.51. The van der Waals surface area contributed by atoms with Crippen LogP contribution in [-0.2, 0) is 4.79 Å². The third-order valence-electron chi connectivity index (χ3n) is 3.39. The highest BCUT2D eigenvalue weighted by atomic mass is 19.1. The molecule has 0 fully saturated rings. The Hall–Kier alpha value is -1.91. The van der Waals surface area contributed by atoms with Crippen molar-refractivity contribution in [1.29, 1.82) is 0 Å². The highest BCUT2D eigenvalue weighted by molar-refractivity contribution is 5.96. The van der Waals surface area contributed by atoms with Gasteiger partial charge in [0.1, 0.15) is 5.82 Å². The summed E-state index contributed by atoms with van der Waals surface area (Å²) in [7, 11) is 0. The Bertz CT molecular complexity index is 491. The maximum absolute atomic E-state index is 13.0. The fourth-order valence-electron chi connectivity index (χ4n) is 2.17. The number of amides is 2. The van der Waals surface area contributed by atoms with Crippen molar-refractivity contribution in [2.45, 2.75) is 52.0 Å². The van der Waals surface area contributed by atoms with Crippen molar-refractivity contribution in [3.05, 3.63) is 35.6 Å². The maximum Gasteiger partial charge on any atom is 0.251 e. The molecule has 1 atom stereocenters. The van der Waals surface area contributed by atoms with Gasteiger partial charge in [-0.2, -0.15) is 0 Å². The summed E-state index contributed by atoms with van der Waals surface area (Å²) in [6.07, 6.45) is 5.60. The lowest BCUT2D eigenvalue weighted by atomic mass is 10.1. The summed E-state index contributed by atoms with van der Waals surface area (Å²) in [6.45, 7) is 4.01. The Morgan fingerprint density at radius 3 is 2.68 bits per heavy atom. The molecular formula is C17H25FN2O2. The Morgan fingerprint density at radius 2 is 2.00 bits per heavy atom. The van der Waals surface area contributed by atoms with Gasteiger partial charge in [0.05, 0.1) is 6.54 Å². The fourth-order valence-corrected chi connectivity index (χ4v) is 2.17. The molecule has 2 N–H and O–H groups in total. The van der Waals surface area contributed by atoms with E-state index < -0.39 is 11.7 Å². The SMILES string of the molecule is CCCCCCC(C)NC(=O)CNC(=O)c1cccc(F)c1. The van der Waals surface area contributed by atoms with Gasteiger partial charge in [-0.25, -0.2) is 4.39 Å². The predicted molar refractivity (Wildman–Crippen MR) is 85.1 cm³/mol. The standard InChI is InChI=1S/C17H25FN2O2/c1-3-4-5-6-8-13(2)20-16(21)12-19-17(22)14-9-7-10-15(18)11-14/h7,9-11,13H,3-6,8,12H2,1-2H3,(H,19,22)(H,20,21). The van der Waals surface area contributed by atoms with Gasteiger partial charge in [0, 0.05) is 11.6 Å². The summed E-state index contributed by atoms with van der Waals surface area (Å²) in [5.41, 5.74) is 0.209. The molecule has 0 saturated carbocycles. The van der Waals surface area contributed by atoms with Crippen LogP contribution in [0.3, 0.4) is 0 Å². The predicted octanol–water partition coefficient (Wildman–Crippen LogP) is 3.03. The first-order chi connectivity index (χ1) is 10.5. The number of carbonyl (C=O) groups excluding carboxylic acids is 2. The number of unbranched alkanes of at least 4 members (excludes halogenated alkanes) is 3. The number of hydrogen-bond acceptors (Lipinski definition) is 2. The molecule has 0 aliphatic heterocycles. The van der Waals surface area contributed by atoms with E-state index in [2.05, 4.69) is 17.6 Å². The normalized spacial score (nSPS) is 11.8. The van der Waals surface area contributed by atoms with Crippen LogP contribution in [0, 0.1) is 5.82 Å². The van der Waals surface area contributed by atoms with E-state index >= 15 is 0 Å². The van der Waals surface area contributed by atoms with Gasteiger partial charge in [0.15, 0.2) is 0 Å². The van der Waals surface area contributed by atoms with Crippen molar-refractivity contribution in [2.75, 3.05) is 6.54 Å². The van der Waals surface area contributed by atoms with Gasteiger partial charge >= 0.3 is 0 Å². The van der Waals surface area contributed by atoms with Crippen molar-refractivity contribution in [2.24, 2.45) is 0 Å². The number of carbonyl (C=O) groups is 2. The van der Waals surface area contributed by atoms with E-state index in [4.69, 9.17) is 0 Å². The Labute approximate surface area is 131 Å². The smallest absolute Gasteiger partial charge is 0.251 e. The third kappa shape index (κ3) is 7.20. The molecule has 1 rings (SSSR count). The van der Waals surface area contributed by atoms with E-state index in [1.165, 1.54) is 37.5 Å². The van der Waals surface area contributed by atoms with E-state index in [9.17, 15) is 14.0 Å². The molecule has 0 spiro atoms. The zero-order chi connectivity index (χ0) is 16.4. The average molecular weight is 308 g/mol. The minimum atomic E-state index is -0.474. The quantitative estimate of drug-likeness (QED) is 0.689. The fraction of sp³-hybridized carbons (Fsp3) is 0.529. The van der Waals surface area contributed by atoms with Gasteiger partial charge in [-0.15, -0.1) is 0 Å². The van der Waals surface area contributed by atoms with Gasteiger partial charge in [0.2, 0.25) is 5.91 Å². The Morgan fingerprint density at radius 1 is 1.23 bits per heavy atom. The summed E-state index contributed by atoms with van der Waals surface area (Å²) in [4.78, 5) is 23.5. The molecular weight excluding hydrogens is 283 g/mol. The molecule has 0 saturated heterocycles. The molecule has 22 heavy (non-hydrogen) atoms. The number of halogens is 1. The Balaban J connectivity index is 2.26. The largest absolute Gasteiger partial charge is 0.352 e. The van der Waals surface area contributed by atoms with E-state index in [0.717, 1.165) is 18.9 Å².